The third-order valence-corrected chi connectivity index (χ3v) is 3.80. The van der Waals surface area contributed by atoms with Crippen molar-refractivity contribution < 1.29 is 19.1 Å². The second-order valence-electron chi connectivity index (χ2n) is 6.00. The Morgan fingerprint density at radius 1 is 0.815 bits per heavy atom. The van der Waals surface area contributed by atoms with Crippen molar-refractivity contribution in [2.24, 2.45) is 0 Å². The Hall–Kier alpha value is -3.02. The summed E-state index contributed by atoms with van der Waals surface area (Å²) in [6, 6.07) is 13.7. The minimum Gasteiger partial charge on any atom is -0.494 e. The first-order valence-corrected chi connectivity index (χ1v) is 9.08. The highest BCUT2D eigenvalue weighted by Crippen LogP contribution is 2.13. The summed E-state index contributed by atoms with van der Waals surface area (Å²) < 4.78 is 10.7. The lowest BCUT2D eigenvalue weighted by atomic mass is 10.2. The number of benzene rings is 2. The number of hydrogen-bond acceptors (Lipinski definition) is 4. The second kappa shape index (κ2) is 10.2. The van der Waals surface area contributed by atoms with Crippen LogP contribution in [0.2, 0.25) is 0 Å². The van der Waals surface area contributed by atoms with E-state index in [2.05, 4.69) is 10.6 Å². The molecule has 0 saturated heterocycles. The number of nitrogens with one attached hydrogen (secondary N) is 2. The van der Waals surface area contributed by atoms with Gasteiger partial charge in [0.1, 0.15) is 11.5 Å². The Balaban J connectivity index is 1.81. The van der Waals surface area contributed by atoms with Gasteiger partial charge in [-0.2, -0.15) is 0 Å². The van der Waals surface area contributed by atoms with Crippen LogP contribution in [0.5, 0.6) is 11.5 Å². The van der Waals surface area contributed by atoms with E-state index in [-0.39, 0.29) is 17.9 Å². The molecule has 0 aliphatic rings. The van der Waals surface area contributed by atoms with Crippen molar-refractivity contribution in [2.45, 2.75) is 26.8 Å². The molecule has 0 spiro atoms. The molecule has 1 atom stereocenters. The molecule has 2 N–H and O–H groups in total. The minimum atomic E-state index is -0.212. The summed E-state index contributed by atoms with van der Waals surface area (Å²) in [4.78, 5) is 24.5. The quantitative estimate of drug-likeness (QED) is 0.711. The minimum absolute atomic E-state index is 0.194. The highest BCUT2D eigenvalue weighted by Gasteiger charge is 2.12. The van der Waals surface area contributed by atoms with Gasteiger partial charge in [-0.3, -0.25) is 9.59 Å². The number of carbonyl (C=O) groups is 2. The fourth-order valence-corrected chi connectivity index (χ4v) is 2.44. The molecule has 2 aromatic carbocycles. The van der Waals surface area contributed by atoms with Gasteiger partial charge in [-0.15, -0.1) is 0 Å². The summed E-state index contributed by atoms with van der Waals surface area (Å²) in [5.74, 6) is 1.07. The lowest BCUT2D eigenvalue weighted by Crippen LogP contribution is -2.41. The molecular formula is C21H26N2O4. The Labute approximate surface area is 159 Å². The van der Waals surface area contributed by atoms with Crippen LogP contribution in [0, 0.1) is 0 Å². The largest absolute Gasteiger partial charge is 0.494 e. The zero-order valence-electron chi connectivity index (χ0n) is 16.0. The highest BCUT2D eigenvalue weighted by molar-refractivity contribution is 5.95. The first-order valence-electron chi connectivity index (χ1n) is 9.08. The maximum absolute atomic E-state index is 12.3. The van der Waals surface area contributed by atoms with Crippen molar-refractivity contribution in [1.82, 2.24) is 10.6 Å². The third kappa shape index (κ3) is 6.33. The van der Waals surface area contributed by atoms with Crippen LogP contribution in [0.15, 0.2) is 48.5 Å². The Bertz CT molecular complexity index is 742. The Morgan fingerprint density at radius 3 is 1.70 bits per heavy atom. The van der Waals surface area contributed by atoms with E-state index in [1.807, 2.05) is 20.8 Å². The van der Waals surface area contributed by atoms with E-state index < -0.39 is 0 Å². The Morgan fingerprint density at radius 2 is 1.26 bits per heavy atom. The van der Waals surface area contributed by atoms with Gasteiger partial charge in [-0.1, -0.05) is 0 Å². The molecule has 2 rings (SSSR count). The zero-order valence-corrected chi connectivity index (χ0v) is 16.0. The van der Waals surface area contributed by atoms with Crippen LogP contribution in [-0.4, -0.2) is 37.6 Å². The Kier molecular flexibility index (Phi) is 7.67. The van der Waals surface area contributed by atoms with Gasteiger partial charge in [0.25, 0.3) is 11.8 Å². The molecule has 6 heteroatoms. The highest BCUT2D eigenvalue weighted by atomic mass is 16.5. The molecule has 0 fully saturated rings. The molecule has 0 aliphatic carbocycles. The molecule has 144 valence electrons. The summed E-state index contributed by atoms with van der Waals surface area (Å²) in [7, 11) is 0. The molecule has 0 bridgehead atoms. The maximum atomic E-state index is 12.3. The predicted octanol–water partition coefficient (Wildman–Crippen LogP) is 3.03. The smallest absolute Gasteiger partial charge is 0.251 e. The van der Waals surface area contributed by atoms with E-state index in [9.17, 15) is 9.59 Å². The third-order valence-electron chi connectivity index (χ3n) is 3.80. The first-order chi connectivity index (χ1) is 13.0. The zero-order chi connectivity index (χ0) is 19.6. The van der Waals surface area contributed by atoms with Crippen molar-refractivity contribution in [2.75, 3.05) is 19.8 Å². The summed E-state index contributed by atoms with van der Waals surface area (Å²) in [6.45, 7) is 7.14. The van der Waals surface area contributed by atoms with E-state index >= 15 is 0 Å². The van der Waals surface area contributed by atoms with Crippen LogP contribution >= 0.6 is 0 Å². The molecule has 2 amide bonds. The molecule has 6 nitrogen and oxygen atoms in total. The van der Waals surface area contributed by atoms with Gasteiger partial charge in [0.2, 0.25) is 0 Å². The van der Waals surface area contributed by atoms with Crippen molar-refractivity contribution in [3.63, 3.8) is 0 Å². The SMILES string of the molecule is CCOc1ccc(C(=O)NC[C@@H](C)NC(=O)c2ccc(OCC)cc2)cc1. The van der Waals surface area contributed by atoms with Gasteiger partial charge in [0, 0.05) is 23.7 Å². The van der Waals surface area contributed by atoms with Crippen LogP contribution in [0.3, 0.4) is 0 Å². The predicted molar refractivity (Wildman–Crippen MR) is 104 cm³/mol. The molecule has 0 unspecified atom stereocenters. The molecular weight excluding hydrogens is 344 g/mol. The van der Waals surface area contributed by atoms with E-state index in [1.54, 1.807) is 48.5 Å². The van der Waals surface area contributed by atoms with Crippen LogP contribution in [0.25, 0.3) is 0 Å². The second-order valence-corrected chi connectivity index (χ2v) is 6.00. The molecule has 0 aromatic heterocycles. The number of hydrogen-bond donors (Lipinski definition) is 2. The molecule has 0 saturated carbocycles. The van der Waals surface area contributed by atoms with Gasteiger partial charge in [0.15, 0.2) is 0 Å². The lowest BCUT2D eigenvalue weighted by Gasteiger charge is -2.15. The topological polar surface area (TPSA) is 76.7 Å². The number of carbonyl (C=O) groups excluding carboxylic acids is 2. The fraction of sp³-hybridized carbons (Fsp3) is 0.333. The summed E-state index contributed by atoms with van der Waals surface area (Å²) in [5, 5.41) is 5.68. The fourth-order valence-electron chi connectivity index (χ4n) is 2.44. The van der Waals surface area contributed by atoms with Crippen molar-refractivity contribution in [1.29, 1.82) is 0 Å². The van der Waals surface area contributed by atoms with Crippen LogP contribution in [0.1, 0.15) is 41.5 Å². The van der Waals surface area contributed by atoms with Gasteiger partial charge < -0.3 is 20.1 Å². The van der Waals surface area contributed by atoms with Crippen molar-refractivity contribution in [3.8, 4) is 11.5 Å². The summed E-state index contributed by atoms with van der Waals surface area (Å²) in [6.07, 6.45) is 0. The standard InChI is InChI=1S/C21H26N2O4/c1-4-26-18-10-6-16(7-11-18)20(24)22-14-15(3)23-21(25)17-8-12-19(13-9-17)27-5-2/h6-13,15H,4-5,14H2,1-3H3,(H,22,24)(H,23,25)/t15-/m1/s1. The maximum Gasteiger partial charge on any atom is 0.251 e. The molecule has 0 radical (unpaired) electrons. The van der Waals surface area contributed by atoms with E-state index in [0.29, 0.717) is 30.9 Å². The van der Waals surface area contributed by atoms with E-state index in [1.165, 1.54) is 0 Å². The molecule has 0 heterocycles. The molecule has 27 heavy (non-hydrogen) atoms. The van der Waals surface area contributed by atoms with E-state index in [0.717, 1.165) is 11.5 Å². The molecule has 2 aromatic rings. The van der Waals surface area contributed by atoms with Gasteiger partial charge in [-0.05, 0) is 69.3 Å². The van der Waals surface area contributed by atoms with Gasteiger partial charge >= 0.3 is 0 Å². The number of rotatable bonds is 9. The number of ether oxygens (including phenoxy) is 2. The van der Waals surface area contributed by atoms with Crippen LogP contribution in [0.4, 0.5) is 0 Å². The van der Waals surface area contributed by atoms with Crippen molar-refractivity contribution in [3.05, 3.63) is 59.7 Å². The lowest BCUT2D eigenvalue weighted by molar-refractivity contribution is 0.0912. The molecule has 0 aliphatic heterocycles. The van der Waals surface area contributed by atoms with Crippen molar-refractivity contribution >= 4 is 11.8 Å². The summed E-state index contributed by atoms with van der Waals surface area (Å²) >= 11 is 0. The van der Waals surface area contributed by atoms with E-state index in [4.69, 9.17) is 9.47 Å². The first kappa shape index (κ1) is 20.3. The number of amides is 2. The van der Waals surface area contributed by atoms with Crippen LogP contribution in [-0.2, 0) is 0 Å². The van der Waals surface area contributed by atoms with Gasteiger partial charge in [-0.25, -0.2) is 0 Å². The summed E-state index contributed by atoms with van der Waals surface area (Å²) in [5.41, 5.74) is 1.09. The average molecular weight is 370 g/mol. The van der Waals surface area contributed by atoms with Crippen LogP contribution < -0.4 is 20.1 Å². The monoisotopic (exact) mass is 370 g/mol. The van der Waals surface area contributed by atoms with Gasteiger partial charge in [0.05, 0.1) is 13.2 Å². The normalized spacial score (nSPS) is 11.4. The average Bonchev–Trinajstić information content (AvgIpc) is 2.68.